The number of rotatable bonds is 8. The quantitative estimate of drug-likeness (QED) is 0.691. The minimum Gasteiger partial charge on any atom is -0.513 e. The molecule has 0 bridgehead atoms. The molecule has 0 amide bonds. The van der Waals surface area contributed by atoms with Gasteiger partial charge in [-0.3, -0.25) is 4.79 Å². The van der Waals surface area contributed by atoms with E-state index in [1.54, 1.807) is 0 Å². The molecule has 1 atom stereocenters. The molecule has 0 aromatic heterocycles. The third kappa shape index (κ3) is 6.93. The number of aliphatic hydroxyl groups is 1. The normalized spacial score (nSPS) is 12.8. The molecule has 1 unspecified atom stereocenters. The zero-order chi connectivity index (χ0) is 15.0. The molecule has 2 nitrogen and oxygen atoms in total. The Morgan fingerprint density at radius 3 is 2.40 bits per heavy atom. The molecule has 0 aliphatic carbocycles. The Bertz CT molecular complexity index is 458. The highest BCUT2D eigenvalue weighted by Gasteiger charge is 2.13. The maximum Gasteiger partial charge on any atom is 0.133 e. The average molecular weight is 272 g/mol. The van der Waals surface area contributed by atoms with Gasteiger partial charge in [-0.1, -0.05) is 62.9 Å². The molecule has 0 radical (unpaired) electrons. The fraction of sp³-hybridized carbons (Fsp3) is 0.389. The van der Waals surface area contributed by atoms with E-state index in [-0.39, 0.29) is 17.5 Å². The largest absolute Gasteiger partial charge is 0.513 e. The standard InChI is InChI=1S/C18H24O2/c1-14(2)11-18(20)13-17(12-15(3)19)10-9-16-7-5-4-6-8-16/h4-10,14,17,19H,3,11-13H2,1-2H3/b10-9+. The lowest BCUT2D eigenvalue weighted by molar-refractivity contribution is -0.120. The Hall–Kier alpha value is -1.83. The second-order valence-corrected chi connectivity index (χ2v) is 5.64. The molecule has 0 spiro atoms. The Balaban J connectivity index is 2.67. The van der Waals surface area contributed by atoms with Crippen LogP contribution in [0.5, 0.6) is 0 Å². The molecule has 1 rings (SSSR count). The van der Waals surface area contributed by atoms with Crippen LogP contribution in [0.1, 0.15) is 38.7 Å². The minimum absolute atomic E-state index is 0.0129. The summed E-state index contributed by atoms with van der Waals surface area (Å²) in [5.41, 5.74) is 1.09. The summed E-state index contributed by atoms with van der Waals surface area (Å²) in [6.45, 7) is 7.61. The molecule has 1 aromatic carbocycles. The van der Waals surface area contributed by atoms with Crippen LogP contribution in [0.2, 0.25) is 0 Å². The topological polar surface area (TPSA) is 37.3 Å². The van der Waals surface area contributed by atoms with Crippen LogP contribution >= 0.6 is 0 Å². The van der Waals surface area contributed by atoms with Gasteiger partial charge < -0.3 is 5.11 Å². The van der Waals surface area contributed by atoms with E-state index in [1.165, 1.54) is 0 Å². The Kier molecular flexibility index (Phi) is 6.78. The van der Waals surface area contributed by atoms with Crippen LogP contribution in [-0.4, -0.2) is 10.9 Å². The van der Waals surface area contributed by atoms with Gasteiger partial charge in [-0.2, -0.15) is 0 Å². The SMILES string of the molecule is C=C(O)CC(/C=C/c1ccccc1)CC(=O)CC(C)C. The Morgan fingerprint density at radius 2 is 1.85 bits per heavy atom. The van der Waals surface area contributed by atoms with Crippen LogP contribution in [-0.2, 0) is 4.79 Å². The van der Waals surface area contributed by atoms with Gasteiger partial charge in [0.1, 0.15) is 5.78 Å². The Labute approximate surface area is 121 Å². The van der Waals surface area contributed by atoms with Gasteiger partial charge in [0, 0.05) is 19.3 Å². The number of carbonyl (C=O) groups excluding carboxylic acids is 1. The van der Waals surface area contributed by atoms with Crippen molar-refractivity contribution < 1.29 is 9.90 Å². The lowest BCUT2D eigenvalue weighted by Crippen LogP contribution is -2.09. The average Bonchev–Trinajstić information content (AvgIpc) is 2.35. The van der Waals surface area contributed by atoms with E-state index in [2.05, 4.69) is 6.58 Å². The van der Waals surface area contributed by atoms with Gasteiger partial charge in [-0.05, 0) is 17.4 Å². The van der Waals surface area contributed by atoms with Gasteiger partial charge in [0.25, 0.3) is 0 Å². The van der Waals surface area contributed by atoms with E-state index in [4.69, 9.17) is 0 Å². The van der Waals surface area contributed by atoms with Gasteiger partial charge in [0.2, 0.25) is 0 Å². The second kappa shape index (κ2) is 8.36. The Morgan fingerprint density at radius 1 is 1.20 bits per heavy atom. The summed E-state index contributed by atoms with van der Waals surface area (Å²) in [5, 5.41) is 9.38. The van der Waals surface area contributed by atoms with Crippen molar-refractivity contribution in [2.75, 3.05) is 0 Å². The van der Waals surface area contributed by atoms with Crippen molar-refractivity contribution >= 4 is 11.9 Å². The van der Waals surface area contributed by atoms with Crippen molar-refractivity contribution in [2.45, 2.75) is 33.1 Å². The highest BCUT2D eigenvalue weighted by Crippen LogP contribution is 2.19. The fourth-order valence-corrected chi connectivity index (χ4v) is 2.15. The summed E-state index contributed by atoms with van der Waals surface area (Å²) >= 11 is 0. The number of allylic oxidation sites excluding steroid dienone is 2. The van der Waals surface area contributed by atoms with Crippen molar-refractivity contribution in [3.63, 3.8) is 0 Å². The molecule has 1 aromatic rings. The number of hydrogen-bond donors (Lipinski definition) is 1. The van der Waals surface area contributed by atoms with Crippen molar-refractivity contribution in [3.05, 3.63) is 54.3 Å². The molecule has 2 heteroatoms. The first-order chi connectivity index (χ1) is 9.47. The number of ketones is 1. The highest BCUT2D eigenvalue weighted by atomic mass is 16.3. The zero-order valence-electron chi connectivity index (χ0n) is 12.4. The van der Waals surface area contributed by atoms with Crippen LogP contribution in [0, 0.1) is 11.8 Å². The maximum absolute atomic E-state index is 11.9. The summed E-state index contributed by atoms with van der Waals surface area (Å²) < 4.78 is 0. The molecular weight excluding hydrogens is 248 g/mol. The summed E-state index contributed by atoms with van der Waals surface area (Å²) in [4.78, 5) is 11.9. The number of carbonyl (C=O) groups is 1. The fourth-order valence-electron chi connectivity index (χ4n) is 2.15. The molecule has 108 valence electrons. The summed E-state index contributed by atoms with van der Waals surface area (Å²) in [7, 11) is 0. The van der Waals surface area contributed by atoms with E-state index in [0.717, 1.165) is 5.56 Å². The van der Waals surface area contributed by atoms with Gasteiger partial charge in [-0.15, -0.1) is 0 Å². The molecule has 20 heavy (non-hydrogen) atoms. The number of aliphatic hydroxyl groups excluding tert-OH is 1. The lowest BCUT2D eigenvalue weighted by atomic mass is 9.93. The summed E-state index contributed by atoms with van der Waals surface area (Å²) in [5.74, 6) is 0.756. The molecule has 0 saturated heterocycles. The zero-order valence-corrected chi connectivity index (χ0v) is 12.4. The second-order valence-electron chi connectivity index (χ2n) is 5.64. The van der Waals surface area contributed by atoms with E-state index in [1.807, 2.05) is 56.3 Å². The van der Waals surface area contributed by atoms with Crippen molar-refractivity contribution in [1.29, 1.82) is 0 Å². The molecule has 0 aliphatic rings. The molecule has 0 heterocycles. The molecule has 0 saturated carbocycles. The molecular formula is C18H24O2. The molecule has 0 fully saturated rings. The van der Waals surface area contributed by atoms with Gasteiger partial charge >= 0.3 is 0 Å². The first-order valence-electron chi connectivity index (χ1n) is 7.09. The number of Topliss-reactive ketones (excluding diaryl/α,β-unsaturated/α-hetero) is 1. The third-order valence-electron chi connectivity index (χ3n) is 2.98. The van der Waals surface area contributed by atoms with E-state index in [0.29, 0.717) is 25.2 Å². The smallest absolute Gasteiger partial charge is 0.133 e. The third-order valence-corrected chi connectivity index (χ3v) is 2.98. The molecule has 0 aliphatic heterocycles. The van der Waals surface area contributed by atoms with E-state index < -0.39 is 0 Å². The van der Waals surface area contributed by atoms with Gasteiger partial charge in [0.05, 0.1) is 5.76 Å². The van der Waals surface area contributed by atoms with Crippen LogP contribution in [0.3, 0.4) is 0 Å². The van der Waals surface area contributed by atoms with Crippen LogP contribution in [0.15, 0.2) is 48.7 Å². The van der Waals surface area contributed by atoms with E-state index >= 15 is 0 Å². The number of benzene rings is 1. The summed E-state index contributed by atoms with van der Waals surface area (Å²) in [6, 6.07) is 9.94. The lowest BCUT2D eigenvalue weighted by Gasteiger charge is -2.12. The minimum atomic E-state index is 0.0129. The number of hydrogen-bond acceptors (Lipinski definition) is 2. The maximum atomic E-state index is 11.9. The van der Waals surface area contributed by atoms with Crippen LogP contribution in [0.4, 0.5) is 0 Å². The predicted molar refractivity (Wildman–Crippen MR) is 84.4 cm³/mol. The monoisotopic (exact) mass is 272 g/mol. The van der Waals surface area contributed by atoms with Crippen molar-refractivity contribution in [3.8, 4) is 0 Å². The van der Waals surface area contributed by atoms with E-state index in [9.17, 15) is 9.90 Å². The van der Waals surface area contributed by atoms with Crippen LogP contribution in [0.25, 0.3) is 6.08 Å². The summed E-state index contributed by atoms with van der Waals surface area (Å²) in [6.07, 6.45) is 5.48. The predicted octanol–water partition coefficient (Wildman–Crippen LogP) is 4.78. The van der Waals surface area contributed by atoms with Crippen molar-refractivity contribution in [2.24, 2.45) is 11.8 Å². The first-order valence-corrected chi connectivity index (χ1v) is 7.09. The van der Waals surface area contributed by atoms with Gasteiger partial charge in [0.15, 0.2) is 0 Å². The molecule has 1 N–H and O–H groups in total. The van der Waals surface area contributed by atoms with Crippen molar-refractivity contribution in [1.82, 2.24) is 0 Å². The first kappa shape index (κ1) is 16.2. The van der Waals surface area contributed by atoms with Gasteiger partial charge in [-0.25, -0.2) is 0 Å². The van der Waals surface area contributed by atoms with Crippen LogP contribution < -0.4 is 0 Å². The highest BCUT2D eigenvalue weighted by molar-refractivity contribution is 5.79.